The molecule has 4 heteroatoms. The summed E-state index contributed by atoms with van der Waals surface area (Å²) < 4.78 is 0. The number of carbonyl (C=O) groups excluding carboxylic acids is 1. The zero-order valence-corrected chi connectivity index (χ0v) is 14.4. The van der Waals surface area contributed by atoms with Crippen molar-refractivity contribution >= 4 is 11.7 Å². The maximum atomic E-state index is 12.3. The zero-order valence-electron chi connectivity index (χ0n) is 14.4. The Morgan fingerprint density at radius 2 is 1.68 bits per heavy atom. The van der Waals surface area contributed by atoms with Crippen molar-refractivity contribution in [2.75, 3.05) is 31.5 Å². The van der Waals surface area contributed by atoms with E-state index in [-0.39, 0.29) is 6.03 Å². The van der Waals surface area contributed by atoms with Gasteiger partial charge in [0.15, 0.2) is 0 Å². The summed E-state index contributed by atoms with van der Waals surface area (Å²) in [5, 5.41) is 3.02. The Bertz CT molecular complexity index is 483. The lowest BCUT2D eigenvalue weighted by Gasteiger charge is -2.45. The van der Waals surface area contributed by atoms with E-state index in [2.05, 4.69) is 44.0 Å². The molecule has 2 amide bonds. The fourth-order valence-electron chi connectivity index (χ4n) is 3.15. The molecule has 0 atom stereocenters. The van der Waals surface area contributed by atoms with E-state index in [1.165, 1.54) is 24.0 Å². The fourth-order valence-corrected chi connectivity index (χ4v) is 3.15. The molecule has 0 unspecified atom stereocenters. The number of urea groups is 1. The van der Waals surface area contributed by atoms with Crippen LogP contribution in [-0.2, 0) is 0 Å². The van der Waals surface area contributed by atoms with Crippen molar-refractivity contribution in [1.29, 1.82) is 0 Å². The van der Waals surface area contributed by atoms with Gasteiger partial charge in [-0.2, -0.15) is 0 Å². The summed E-state index contributed by atoms with van der Waals surface area (Å²) in [6.07, 6.45) is 2.34. The summed E-state index contributed by atoms with van der Waals surface area (Å²) in [7, 11) is 0. The maximum Gasteiger partial charge on any atom is 0.321 e. The van der Waals surface area contributed by atoms with Crippen molar-refractivity contribution in [3.8, 4) is 0 Å². The van der Waals surface area contributed by atoms with E-state index in [1.807, 2.05) is 17.0 Å². The SMILES string of the molecule is CCCN(CCC)C1CN(C(=O)Nc2cc(C)cc(C)c2)C1. The van der Waals surface area contributed by atoms with Gasteiger partial charge >= 0.3 is 6.03 Å². The molecule has 0 bridgehead atoms. The zero-order chi connectivity index (χ0) is 16.1. The molecule has 1 aromatic rings. The Kier molecular flexibility index (Phi) is 5.83. The van der Waals surface area contributed by atoms with Crippen LogP contribution >= 0.6 is 0 Å². The second-order valence-electron chi connectivity index (χ2n) is 6.40. The van der Waals surface area contributed by atoms with Crippen LogP contribution in [0.5, 0.6) is 0 Å². The van der Waals surface area contributed by atoms with Crippen LogP contribution < -0.4 is 5.32 Å². The molecule has 1 N–H and O–H groups in total. The number of hydrogen-bond donors (Lipinski definition) is 1. The quantitative estimate of drug-likeness (QED) is 0.871. The van der Waals surface area contributed by atoms with Crippen LogP contribution in [0, 0.1) is 13.8 Å². The monoisotopic (exact) mass is 303 g/mol. The predicted molar refractivity (Wildman–Crippen MR) is 92.5 cm³/mol. The van der Waals surface area contributed by atoms with Gasteiger partial charge in [0.05, 0.1) is 0 Å². The average Bonchev–Trinajstić information content (AvgIpc) is 2.36. The molecule has 1 fully saturated rings. The van der Waals surface area contributed by atoms with Gasteiger partial charge in [0.1, 0.15) is 0 Å². The summed E-state index contributed by atoms with van der Waals surface area (Å²) in [6, 6.07) is 6.70. The Labute approximate surface area is 134 Å². The smallest absolute Gasteiger partial charge is 0.321 e. The Balaban J connectivity index is 1.85. The third-order valence-corrected chi connectivity index (χ3v) is 4.16. The molecule has 4 nitrogen and oxygen atoms in total. The maximum absolute atomic E-state index is 12.3. The largest absolute Gasteiger partial charge is 0.321 e. The lowest BCUT2D eigenvalue weighted by Crippen LogP contribution is -2.62. The van der Waals surface area contributed by atoms with Gasteiger partial charge in [0, 0.05) is 24.8 Å². The lowest BCUT2D eigenvalue weighted by molar-refractivity contribution is 0.0614. The number of rotatable bonds is 6. The summed E-state index contributed by atoms with van der Waals surface area (Å²) in [4.78, 5) is 16.7. The molecular weight excluding hydrogens is 274 g/mol. The number of nitrogens with zero attached hydrogens (tertiary/aromatic N) is 2. The van der Waals surface area contributed by atoms with E-state index in [9.17, 15) is 4.79 Å². The number of nitrogens with one attached hydrogen (secondary N) is 1. The predicted octanol–water partition coefficient (Wildman–Crippen LogP) is 3.64. The molecule has 0 aromatic heterocycles. The first-order chi connectivity index (χ1) is 10.5. The van der Waals surface area contributed by atoms with Gasteiger partial charge in [0.25, 0.3) is 0 Å². The van der Waals surface area contributed by atoms with Crippen LogP contribution in [0.4, 0.5) is 10.5 Å². The van der Waals surface area contributed by atoms with Gasteiger partial charge in [-0.3, -0.25) is 4.90 Å². The van der Waals surface area contributed by atoms with Crippen molar-refractivity contribution in [3.05, 3.63) is 29.3 Å². The van der Waals surface area contributed by atoms with Gasteiger partial charge in [-0.15, -0.1) is 0 Å². The summed E-state index contributed by atoms with van der Waals surface area (Å²) >= 11 is 0. The van der Waals surface area contributed by atoms with Crippen LogP contribution in [0.1, 0.15) is 37.8 Å². The molecule has 22 heavy (non-hydrogen) atoms. The van der Waals surface area contributed by atoms with E-state index >= 15 is 0 Å². The van der Waals surface area contributed by atoms with Crippen molar-refractivity contribution in [3.63, 3.8) is 0 Å². The van der Waals surface area contributed by atoms with Gasteiger partial charge in [0.2, 0.25) is 0 Å². The molecule has 1 saturated heterocycles. The van der Waals surface area contributed by atoms with Crippen LogP contribution in [-0.4, -0.2) is 48.1 Å². The van der Waals surface area contributed by atoms with E-state index < -0.39 is 0 Å². The second kappa shape index (κ2) is 7.63. The fraction of sp³-hybridized carbons (Fsp3) is 0.611. The highest BCUT2D eigenvalue weighted by molar-refractivity contribution is 5.90. The summed E-state index contributed by atoms with van der Waals surface area (Å²) in [5.41, 5.74) is 3.24. The molecule has 0 aliphatic carbocycles. The molecular formula is C18H29N3O. The minimum Gasteiger partial charge on any atom is -0.321 e. The highest BCUT2D eigenvalue weighted by atomic mass is 16.2. The highest BCUT2D eigenvalue weighted by Gasteiger charge is 2.34. The summed E-state index contributed by atoms with van der Waals surface area (Å²) in [6.45, 7) is 12.5. The van der Waals surface area contributed by atoms with Gasteiger partial charge in [-0.1, -0.05) is 19.9 Å². The third-order valence-electron chi connectivity index (χ3n) is 4.16. The highest BCUT2D eigenvalue weighted by Crippen LogP contribution is 2.19. The third kappa shape index (κ3) is 4.23. The molecule has 0 saturated carbocycles. The van der Waals surface area contributed by atoms with Crippen molar-refractivity contribution < 1.29 is 4.79 Å². The van der Waals surface area contributed by atoms with Crippen LogP contribution in [0.15, 0.2) is 18.2 Å². The van der Waals surface area contributed by atoms with Crippen molar-refractivity contribution in [1.82, 2.24) is 9.80 Å². The normalized spacial score (nSPS) is 15.0. The van der Waals surface area contributed by atoms with Gasteiger partial charge < -0.3 is 10.2 Å². The standard InChI is InChI=1S/C18H29N3O/c1-5-7-20(8-6-2)17-12-21(13-17)18(22)19-16-10-14(3)9-15(4)11-16/h9-11,17H,5-8,12-13H2,1-4H3,(H,19,22). The van der Waals surface area contributed by atoms with E-state index in [4.69, 9.17) is 0 Å². The molecule has 1 aliphatic heterocycles. The van der Waals surface area contributed by atoms with E-state index in [0.717, 1.165) is 31.9 Å². The van der Waals surface area contributed by atoms with E-state index in [1.54, 1.807) is 0 Å². The number of aryl methyl sites for hydroxylation is 2. The molecule has 1 aromatic carbocycles. The lowest BCUT2D eigenvalue weighted by atomic mass is 10.1. The van der Waals surface area contributed by atoms with Crippen LogP contribution in [0.25, 0.3) is 0 Å². The van der Waals surface area contributed by atoms with Gasteiger partial charge in [-0.05, 0) is 63.0 Å². The van der Waals surface area contributed by atoms with Gasteiger partial charge in [-0.25, -0.2) is 4.79 Å². The number of anilines is 1. The molecule has 122 valence electrons. The molecule has 0 radical (unpaired) electrons. The van der Waals surface area contributed by atoms with E-state index in [0.29, 0.717) is 6.04 Å². The summed E-state index contributed by atoms with van der Waals surface area (Å²) in [5.74, 6) is 0. The number of benzene rings is 1. The number of likely N-dealkylation sites (tertiary alicyclic amines) is 1. The Morgan fingerprint density at radius 3 is 2.18 bits per heavy atom. The number of amides is 2. The number of hydrogen-bond acceptors (Lipinski definition) is 2. The Morgan fingerprint density at radius 1 is 1.14 bits per heavy atom. The first kappa shape index (κ1) is 16.8. The first-order valence-electron chi connectivity index (χ1n) is 8.41. The van der Waals surface area contributed by atoms with Crippen molar-refractivity contribution in [2.45, 2.75) is 46.6 Å². The Hall–Kier alpha value is -1.55. The second-order valence-corrected chi connectivity index (χ2v) is 6.40. The first-order valence-corrected chi connectivity index (χ1v) is 8.41. The molecule has 2 rings (SSSR count). The minimum atomic E-state index is 0.0224. The topological polar surface area (TPSA) is 35.6 Å². The molecule has 1 aliphatic rings. The minimum absolute atomic E-state index is 0.0224. The van der Waals surface area contributed by atoms with Crippen LogP contribution in [0.3, 0.4) is 0 Å². The molecule has 1 heterocycles. The number of carbonyl (C=O) groups is 1. The average molecular weight is 303 g/mol. The van der Waals surface area contributed by atoms with Crippen LogP contribution in [0.2, 0.25) is 0 Å². The molecule has 0 spiro atoms. The van der Waals surface area contributed by atoms with Crippen molar-refractivity contribution in [2.24, 2.45) is 0 Å².